The molecule has 0 saturated heterocycles. The summed E-state index contributed by atoms with van der Waals surface area (Å²) in [5, 5.41) is 9.79. The normalized spacial score (nSPS) is 12.9. The highest BCUT2D eigenvalue weighted by molar-refractivity contribution is 9.10. The number of nitrogen functional groups attached to an aromatic ring is 1. The third-order valence-corrected chi connectivity index (χ3v) is 4.77. The van der Waals surface area contributed by atoms with Crippen LogP contribution in [0.3, 0.4) is 0 Å². The molecule has 1 heterocycles. The highest BCUT2D eigenvalue weighted by Gasteiger charge is 2.30. The zero-order valence-corrected chi connectivity index (χ0v) is 13.5. The second-order valence-electron chi connectivity index (χ2n) is 4.78. The van der Waals surface area contributed by atoms with Crippen LogP contribution in [0.5, 0.6) is 0 Å². The van der Waals surface area contributed by atoms with Gasteiger partial charge in [-0.3, -0.25) is 0 Å². The van der Waals surface area contributed by atoms with Crippen LogP contribution in [0, 0.1) is 0 Å². The molecule has 1 aromatic heterocycles. The summed E-state index contributed by atoms with van der Waals surface area (Å²) in [6, 6.07) is 1.41. The molecule has 0 saturated carbocycles. The van der Waals surface area contributed by atoms with Gasteiger partial charge in [0.05, 0.1) is 5.60 Å². The summed E-state index contributed by atoms with van der Waals surface area (Å²) < 4.78 is 26.7. The molecule has 3 N–H and O–H groups in total. The van der Waals surface area contributed by atoms with Gasteiger partial charge in [-0.2, -0.15) is 4.31 Å². The summed E-state index contributed by atoms with van der Waals surface area (Å²) in [6.07, 6.45) is 1.43. The van der Waals surface area contributed by atoms with Gasteiger partial charge in [0.15, 0.2) is 0 Å². The highest BCUT2D eigenvalue weighted by atomic mass is 79.9. The number of likely N-dealkylation sites (N-methyl/N-ethyl adjacent to an activating group) is 1. The Morgan fingerprint density at radius 2 is 2.11 bits per heavy atom. The Balaban J connectivity index is 3.25. The Morgan fingerprint density at radius 1 is 1.53 bits per heavy atom. The number of nitrogens with two attached hydrogens (primary N) is 1. The van der Waals surface area contributed by atoms with Crippen molar-refractivity contribution >= 4 is 31.8 Å². The number of hydrogen-bond acceptors (Lipinski definition) is 5. The number of aromatic nitrogens is 1. The van der Waals surface area contributed by atoms with Crippen molar-refractivity contribution in [3.05, 3.63) is 16.7 Å². The van der Waals surface area contributed by atoms with E-state index in [0.717, 1.165) is 0 Å². The zero-order valence-electron chi connectivity index (χ0n) is 11.1. The largest absolute Gasteiger partial charge is 0.389 e. The van der Waals surface area contributed by atoms with Gasteiger partial charge in [-0.15, -0.1) is 0 Å². The van der Waals surface area contributed by atoms with Crippen LogP contribution in [0.15, 0.2) is 21.6 Å². The van der Waals surface area contributed by atoms with E-state index in [1.165, 1.54) is 16.6 Å². The maximum Gasteiger partial charge on any atom is 0.246 e. The lowest BCUT2D eigenvalue weighted by molar-refractivity contribution is 0.0601. The first-order valence-electron chi connectivity index (χ1n) is 5.71. The first-order valence-corrected chi connectivity index (χ1v) is 7.95. The molecule has 108 valence electrons. The van der Waals surface area contributed by atoms with E-state index >= 15 is 0 Å². The summed E-state index contributed by atoms with van der Waals surface area (Å²) in [6.45, 7) is 5.02. The summed E-state index contributed by atoms with van der Waals surface area (Å²) >= 11 is 3.17. The molecule has 0 fully saturated rings. The molecule has 6 nitrogen and oxygen atoms in total. The molecular weight excluding hydrogens is 334 g/mol. The molecule has 0 aromatic carbocycles. The van der Waals surface area contributed by atoms with Crippen LogP contribution in [0.1, 0.15) is 20.8 Å². The van der Waals surface area contributed by atoms with Gasteiger partial charge in [0.2, 0.25) is 10.0 Å². The predicted octanol–water partition coefficient (Wildman–Crippen LogP) is 1.21. The van der Waals surface area contributed by atoms with Crippen molar-refractivity contribution in [2.75, 3.05) is 18.8 Å². The van der Waals surface area contributed by atoms with Gasteiger partial charge in [0.25, 0.3) is 0 Å². The molecule has 0 atom stereocenters. The van der Waals surface area contributed by atoms with Crippen LogP contribution in [0.2, 0.25) is 0 Å². The average molecular weight is 352 g/mol. The van der Waals surface area contributed by atoms with Crippen LogP contribution in [0.4, 0.5) is 5.82 Å². The minimum Gasteiger partial charge on any atom is -0.389 e. The van der Waals surface area contributed by atoms with E-state index in [2.05, 4.69) is 20.9 Å². The summed E-state index contributed by atoms with van der Waals surface area (Å²) in [5.74, 6) is -0.0580. The highest BCUT2D eigenvalue weighted by Crippen LogP contribution is 2.25. The van der Waals surface area contributed by atoms with Crippen molar-refractivity contribution < 1.29 is 13.5 Å². The Hall–Kier alpha value is -0.700. The number of pyridine rings is 1. The Morgan fingerprint density at radius 3 is 2.58 bits per heavy atom. The fourth-order valence-electron chi connectivity index (χ4n) is 1.58. The maximum absolute atomic E-state index is 12.5. The van der Waals surface area contributed by atoms with Crippen molar-refractivity contribution in [1.29, 1.82) is 0 Å². The number of nitrogens with zero attached hydrogens (tertiary/aromatic N) is 2. The van der Waals surface area contributed by atoms with E-state index in [0.29, 0.717) is 4.47 Å². The SMILES string of the molecule is CCN(CC(C)(C)O)S(=O)(=O)c1cc(Br)cnc1N. The van der Waals surface area contributed by atoms with Gasteiger partial charge < -0.3 is 10.8 Å². The fourth-order valence-corrected chi connectivity index (χ4v) is 3.75. The number of sulfonamides is 1. The quantitative estimate of drug-likeness (QED) is 0.830. The molecule has 0 unspecified atom stereocenters. The lowest BCUT2D eigenvalue weighted by Crippen LogP contribution is -2.42. The number of hydrogen-bond donors (Lipinski definition) is 2. The number of anilines is 1. The van der Waals surface area contributed by atoms with Gasteiger partial charge in [0, 0.05) is 23.8 Å². The molecule has 0 amide bonds. The minimum absolute atomic E-state index is 0.0161. The zero-order chi connectivity index (χ0) is 14.8. The van der Waals surface area contributed by atoms with Gasteiger partial charge in [-0.1, -0.05) is 6.92 Å². The molecule has 0 spiro atoms. The summed E-state index contributed by atoms with van der Waals surface area (Å²) in [4.78, 5) is 3.76. The fraction of sp³-hybridized carbons (Fsp3) is 0.545. The molecular formula is C11H18BrN3O3S. The molecule has 0 aliphatic heterocycles. The van der Waals surface area contributed by atoms with E-state index in [1.807, 2.05) is 0 Å². The third kappa shape index (κ3) is 4.13. The standard InChI is InChI=1S/C11H18BrN3O3S/c1-4-15(7-11(2,3)16)19(17,18)9-5-8(12)6-14-10(9)13/h5-6,16H,4,7H2,1-3H3,(H2,13,14). The third-order valence-electron chi connectivity index (χ3n) is 2.38. The average Bonchev–Trinajstić information content (AvgIpc) is 2.27. The Labute approximate surface area is 121 Å². The number of halogens is 1. The molecule has 19 heavy (non-hydrogen) atoms. The van der Waals surface area contributed by atoms with Crippen LogP contribution < -0.4 is 5.73 Å². The summed E-state index contributed by atoms with van der Waals surface area (Å²) in [5.41, 5.74) is 4.50. The Kier molecular flexibility index (Phi) is 4.94. The second-order valence-corrected chi connectivity index (χ2v) is 7.60. The van der Waals surface area contributed by atoms with Gasteiger partial charge in [-0.25, -0.2) is 13.4 Å². The molecule has 0 radical (unpaired) electrons. The monoisotopic (exact) mass is 351 g/mol. The van der Waals surface area contributed by atoms with Crippen LogP contribution in [0.25, 0.3) is 0 Å². The first-order chi connectivity index (χ1) is 8.58. The predicted molar refractivity (Wildman–Crippen MR) is 77.1 cm³/mol. The molecule has 1 rings (SSSR count). The van der Waals surface area contributed by atoms with Crippen molar-refractivity contribution in [3.8, 4) is 0 Å². The maximum atomic E-state index is 12.5. The van der Waals surface area contributed by atoms with Crippen molar-refractivity contribution in [2.24, 2.45) is 0 Å². The van der Waals surface area contributed by atoms with Gasteiger partial charge in [0.1, 0.15) is 10.7 Å². The van der Waals surface area contributed by atoms with Crippen LogP contribution in [-0.4, -0.2) is 41.5 Å². The number of rotatable bonds is 5. The number of aliphatic hydroxyl groups is 1. The molecule has 0 aliphatic carbocycles. The van der Waals surface area contributed by atoms with Crippen molar-refractivity contribution in [3.63, 3.8) is 0 Å². The minimum atomic E-state index is -3.78. The van der Waals surface area contributed by atoms with E-state index in [-0.39, 0.29) is 23.8 Å². The van der Waals surface area contributed by atoms with Gasteiger partial charge in [-0.05, 0) is 35.8 Å². The van der Waals surface area contributed by atoms with Crippen LogP contribution >= 0.6 is 15.9 Å². The van der Waals surface area contributed by atoms with E-state index in [1.54, 1.807) is 20.8 Å². The molecule has 1 aromatic rings. The van der Waals surface area contributed by atoms with Crippen molar-refractivity contribution in [1.82, 2.24) is 9.29 Å². The first kappa shape index (κ1) is 16.4. The van der Waals surface area contributed by atoms with E-state index in [9.17, 15) is 13.5 Å². The Bertz CT molecular complexity index is 555. The van der Waals surface area contributed by atoms with Gasteiger partial charge >= 0.3 is 0 Å². The molecule has 0 bridgehead atoms. The molecule has 0 aliphatic rings. The topological polar surface area (TPSA) is 96.5 Å². The van der Waals surface area contributed by atoms with E-state index < -0.39 is 15.6 Å². The van der Waals surface area contributed by atoms with Crippen molar-refractivity contribution in [2.45, 2.75) is 31.3 Å². The smallest absolute Gasteiger partial charge is 0.246 e. The summed E-state index contributed by atoms with van der Waals surface area (Å²) in [7, 11) is -3.78. The lowest BCUT2D eigenvalue weighted by atomic mass is 10.1. The lowest BCUT2D eigenvalue weighted by Gasteiger charge is -2.27. The van der Waals surface area contributed by atoms with E-state index in [4.69, 9.17) is 5.73 Å². The van der Waals surface area contributed by atoms with Crippen LogP contribution in [-0.2, 0) is 10.0 Å². The second kappa shape index (κ2) is 5.74. The molecule has 8 heteroatoms.